The van der Waals surface area contributed by atoms with Crippen molar-refractivity contribution in [1.29, 1.82) is 0 Å². The van der Waals surface area contributed by atoms with E-state index in [0.29, 0.717) is 11.8 Å². The quantitative estimate of drug-likeness (QED) is 0.411. The van der Waals surface area contributed by atoms with E-state index in [0.717, 1.165) is 6.29 Å². The molecular formula is C14H27O. The van der Waals surface area contributed by atoms with Gasteiger partial charge in [-0.1, -0.05) is 53.4 Å². The monoisotopic (exact) mass is 211 g/mol. The molecule has 1 nitrogen and oxygen atoms in total. The summed E-state index contributed by atoms with van der Waals surface area (Å²) in [5.74, 6) is 1.39. The van der Waals surface area contributed by atoms with Gasteiger partial charge in [0.15, 0.2) is 0 Å². The molecule has 2 atom stereocenters. The molecule has 1 radical (unpaired) electrons. The van der Waals surface area contributed by atoms with Crippen LogP contribution < -0.4 is 0 Å². The molecule has 1 heteroatoms. The van der Waals surface area contributed by atoms with Gasteiger partial charge in [-0.15, -0.1) is 0 Å². The third kappa shape index (κ3) is 7.58. The van der Waals surface area contributed by atoms with Gasteiger partial charge < -0.3 is 4.79 Å². The van der Waals surface area contributed by atoms with Crippen LogP contribution in [0.1, 0.15) is 59.8 Å². The summed E-state index contributed by atoms with van der Waals surface area (Å²) in [7, 11) is 0. The van der Waals surface area contributed by atoms with Crippen molar-refractivity contribution in [3.05, 3.63) is 6.42 Å². The maximum atomic E-state index is 10.6. The standard InChI is InChI=1S/C14H27O/c1-5-6-7-8-9-14(12(2)3)10-13(4)11-15/h10-14H,5-9H2,1-4H3. The Labute approximate surface area is 95.6 Å². The van der Waals surface area contributed by atoms with Gasteiger partial charge in [0.05, 0.1) is 0 Å². The van der Waals surface area contributed by atoms with E-state index in [1.165, 1.54) is 32.1 Å². The molecule has 0 aromatic rings. The van der Waals surface area contributed by atoms with Crippen LogP contribution in [0.15, 0.2) is 0 Å². The highest BCUT2D eigenvalue weighted by Gasteiger charge is 2.16. The zero-order valence-corrected chi connectivity index (χ0v) is 10.8. The molecule has 0 N–H and O–H groups in total. The smallest absolute Gasteiger partial charge is 0.123 e. The van der Waals surface area contributed by atoms with Gasteiger partial charge in [-0.2, -0.15) is 0 Å². The van der Waals surface area contributed by atoms with E-state index in [9.17, 15) is 4.79 Å². The number of unbranched alkanes of at least 4 members (excludes halogenated alkanes) is 3. The number of carbonyl (C=O) groups excluding carboxylic acids is 1. The van der Waals surface area contributed by atoms with Crippen molar-refractivity contribution in [2.75, 3.05) is 0 Å². The van der Waals surface area contributed by atoms with E-state index in [4.69, 9.17) is 0 Å². The third-order valence-electron chi connectivity index (χ3n) is 3.01. The zero-order chi connectivity index (χ0) is 11.7. The highest BCUT2D eigenvalue weighted by Crippen LogP contribution is 2.24. The third-order valence-corrected chi connectivity index (χ3v) is 3.01. The van der Waals surface area contributed by atoms with E-state index < -0.39 is 0 Å². The van der Waals surface area contributed by atoms with Crippen molar-refractivity contribution < 1.29 is 4.79 Å². The molecule has 0 amide bonds. The summed E-state index contributed by atoms with van der Waals surface area (Å²) in [4.78, 5) is 10.6. The van der Waals surface area contributed by atoms with Gasteiger partial charge in [0.1, 0.15) is 6.29 Å². The molecule has 0 spiro atoms. The second kappa shape index (κ2) is 8.94. The Balaban J connectivity index is 3.78. The van der Waals surface area contributed by atoms with Crippen LogP contribution >= 0.6 is 0 Å². The summed E-state index contributed by atoms with van der Waals surface area (Å²) in [5, 5.41) is 0. The molecule has 15 heavy (non-hydrogen) atoms. The Morgan fingerprint density at radius 3 is 2.20 bits per heavy atom. The van der Waals surface area contributed by atoms with Crippen LogP contribution in [0.25, 0.3) is 0 Å². The lowest BCUT2D eigenvalue weighted by atomic mass is 9.83. The predicted molar refractivity (Wildman–Crippen MR) is 66.6 cm³/mol. The predicted octanol–water partition coefficient (Wildman–Crippen LogP) is 4.27. The molecule has 0 aliphatic carbocycles. The van der Waals surface area contributed by atoms with Gasteiger partial charge in [-0.05, 0) is 24.7 Å². The Bertz CT molecular complexity index is 151. The molecule has 0 rings (SSSR count). The lowest BCUT2D eigenvalue weighted by Gasteiger charge is -2.21. The summed E-state index contributed by atoms with van der Waals surface area (Å²) < 4.78 is 0. The van der Waals surface area contributed by atoms with Gasteiger partial charge in [0.25, 0.3) is 0 Å². The van der Waals surface area contributed by atoms with Gasteiger partial charge in [0, 0.05) is 5.92 Å². The van der Waals surface area contributed by atoms with Crippen LogP contribution in [0.2, 0.25) is 0 Å². The topological polar surface area (TPSA) is 17.1 Å². The number of carbonyl (C=O) groups is 1. The number of hydrogen-bond donors (Lipinski definition) is 0. The summed E-state index contributed by atoms with van der Waals surface area (Å²) in [6.07, 6.45) is 9.79. The molecule has 0 saturated heterocycles. The molecule has 0 heterocycles. The fourth-order valence-electron chi connectivity index (χ4n) is 1.89. The second-order valence-electron chi connectivity index (χ2n) is 4.94. The lowest BCUT2D eigenvalue weighted by molar-refractivity contribution is -0.110. The van der Waals surface area contributed by atoms with Crippen molar-refractivity contribution in [3.8, 4) is 0 Å². The first kappa shape index (κ1) is 14.7. The summed E-state index contributed by atoms with van der Waals surface area (Å²) in [5.41, 5.74) is 0. The fraction of sp³-hybridized carbons (Fsp3) is 0.857. The van der Waals surface area contributed by atoms with E-state index in [1.807, 2.05) is 6.92 Å². The molecule has 0 saturated carbocycles. The van der Waals surface area contributed by atoms with E-state index >= 15 is 0 Å². The van der Waals surface area contributed by atoms with Crippen LogP contribution in [-0.2, 0) is 4.79 Å². The SMILES string of the molecule is CCCCCCC([CH]C(C)C=O)C(C)C. The minimum Gasteiger partial charge on any atom is -0.303 e. The lowest BCUT2D eigenvalue weighted by Crippen LogP contribution is -2.14. The second-order valence-corrected chi connectivity index (χ2v) is 4.94. The van der Waals surface area contributed by atoms with Crippen LogP contribution in [0, 0.1) is 24.2 Å². The maximum absolute atomic E-state index is 10.6. The molecule has 0 bridgehead atoms. The molecule has 0 fully saturated rings. The van der Waals surface area contributed by atoms with Crippen LogP contribution in [-0.4, -0.2) is 6.29 Å². The van der Waals surface area contributed by atoms with Crippen molar-refractivity contribution in [1.82, 2.24) is 0 Å². The molecule has 0 aromatic heterocycles. The van der Waals surface area contributed by atoms with Gasteiger partial charge in [-0.3, -0.25) is 0 Å². The average molecular weight is 211 g/mol. The summed E-state index contributed by atoms with van der Waals surface area (Å²) in [6, 6.07) is 0. The minimum atomic E-state index is 0.114. The first-order chi connectivity index (χ1) is 7.11. The molecule has 0 aromatic carbocycles. The Kier molecular flexibility index (Phi) is 8.74. The Morgan fingerprint density at radius 2 is 1.73 bits per heavy atom. The van der Waals surface area contributed by atoms with Crippen molar-refractivity contribution in [2.24, 2.45) is 17.8 Å². The Hall–Kier alpha value is -0.330. The van der Waals surface area contributed by atoms with Crippen LogP contribution in [0.4, 0.5) is 0 Å². The normalized spacial score (nSPS) is 15.3. The molecule has 0 aliphatic heterocycles. The van der Waals surface area contributed by atoms with E-state index in [2.05, 4.69) is 27.2 Å². The fourth-order valence-corrected chi connectivity index (χ4v) is 1.89. The molecule has 0 aliphatic rings. The van der Waals surface area contributed by atoms with Crippen molar-refractivity contribution in [2.45, 2.75) is 59.8 Å². The van der Waals surface area contributed by atoms with Gasteiger partial charge in [0.2, 0.25) is 0 Å². The first-order valence-electron chi connectivity index (χ1n) is 6.42. The summed E-state index contributed by atoms with van der Waals surface area (Å²) >= 11 is 0. The van der Waals surface area contributed by atoms with E-state index in [-0.39, 0.29) is 5.92 Å². The highest BCUT2D eigenvalue weighted by atomic mass is 16.1. The number of aldehydes is 1. The average Bonchev–Trinajstić information content (AvgIpc) is 2.21. The van der Waals surface area contributed by atoms with Crippen molar-refractivity contribution >= 4 is 6.29 Å². The number of hydrogen-bond acceptors (Lipinski definition) is 1. The summed E-state index contributed by atoms with van der Waals surface area (Å²) in [6.45, 7) is 8.71. The van der Waals surface area contributed by atoms with Crippen molar-refractivity contribution in [3.63, 3.8) is 0 Å². The maximum Gasteiger partial charge on any atom is 0.123 e. The van der Waals surface area contributed by atoms with Gasteiger partial charge in [-0.25, -0.2) is 0 Å². The highest BCUT2D eigenvalue weighted by molar-refractivity contribution is 5.54. The molecule has 89 valence electrons. The number of rotatable bonds is 9. The molecular weight excluding hydrogens is 184 g/mol. The molecule has 2 unspecified atom stereocenters. The van der Waals surface area contributed by atoms with E-state index in [1.54, 1.807) is 0 Å². The largest absolute Gasteiger partial charge is 0.303 e. The van der Waals surface area contributed by atoms with Gasteiger partial charge >= 0.3 is 0 Å². The van der Waals surface area contributed by atoms with Crippen LogP contribution in [0.5, 0.6) is 0 Å². The minimum absolute atomic E-state index is 0.114. The Morgan fingerprint density at radius 1 is 1.07 bits per heavy atom. The zero-order valence-electron chi connectivity index (χ0n) is 10.8. The van der Waals surface area contributed by atoms with Crippen LogP contribution in [0.3, 0.4) is 0 Å². The first-order valence-corrected chi connectivity index (χ1v) is 6.42.